The summed E-state index contributed by atoms with van der Waals surface area (Å²) in [4.78, 5) is 31.4. The molecule has 0 bridgehead atoms. The number of nitrogens with zero attached hydrogens (tertiary/aromatic N) is 3. The minimum atomic E-state index is -0.229. The minimum absolute atomic E-state index is 0.0410. The third kappa shape index (κ3) is 4.74. The first-order chi connectivity index (χ1) is 14.2. The molecule has 0 N–H and O–H groups in total. The Balaban J connectivity index is 1.26. The maximum atomic E-state index is 12.9. The van der Waals surface area contributed by atoms with Gasteiger partial charge in [-0.25, -0.2) is 0 Å². The molecular weight excluding hydrogens is 362 g/mol. The Kier molecular flexibility index (Phi) is 6.06. The number of amides is 2. The third-order valence-corrected chi connectivity index (χ3v) is 5.70. The molecule has 2 aromatic rings. The number of piperazine rings is 1. The Bertz CT molecular complexity index is 858. The zero-order valence-electron chi connectivity index (χ0n) is 16.6. The Morgan fingerprint density at radius 2 is 1.59 bits per heavy atom. The molecule has 5 heteroatoms. The van der Waals surface area contributed by atoms with Gasteiger partial charge in [0.25, 0.3) is 0 Å². The van der Waals surface area contributed by atoms with Gasteiger partial charge in [0.1, 0.15) is 0 Å². The number of anilines is 1. The van der Waals surface area contributed by atoms with E-state index in [1.807, 2.05) is 53.4 Å². The van der Waals surface area contributed by atoms with Crippen molar-refractivity contribution < 1.29 is 9.59 Å². The minimum Gasteiger partial charge on any atom is -0.340 e. The van der Waals surface area contributed by atoms with Gasteiger partial charge in [0.05, 0.1) is 5.92 Å². The summed E-state index contributed by atoms with van der Waals surface area (Å²) in [5.41, 5.74) is 2.08. The van der Waals surface area contributed by atoms with Crippen molar-refractivity contribution in [3.05, 3.63) is 72.3 Å². The molecule has 0 saturated carbocycles. The molecule has 29 heavy (non-hydrogen) atoms. The summed E-state index contributed by atoms with van der Waals surface area (Å²) in [7, 11) is 0. The molecule has 1 atom stereocenters. The highest BCUT2D eigenvalue weighted by Gasteiger charge is 2.37. The van der Waals surface area contributed by atoms with Crippen LogP contribution in [0.2, 0.25) is 0 Å². The Hall–Kier alpha value is -2.92. The van der Waals surface area contributed by atoms with E-state index < -0.39 is 0 Å². The van der Waals surface area contributed by atoms with Crippen molar-refractivity contribution in [2.24, 2.45) is 5.92 Å². The van der Waals surface area contributed by atoms with Crippen LogP contribution in [0.4, 0.5) is 5.69 Å². The molecule has 0 aliphatic carbocycles. The summed E-state index contributed by atoms with van der Waals surface area (Å²) < 4.78 is 0. The van der Waals surface area contributed by atoms with Crippen LogP contribution in [0.25, 0.3) is 6.08 Å². The van der Waals surface area contributed by atoms with E-state index >= 15 is 0 Å². The lowest BCUT2D eigenvalue weighted by molar-refractivity contribution is -0.137. The molecule has 150 valence electrons. The molecule has 1 unspecified atom stereocenters. The lowest BCUT2D eigenvalue weighted by Gasteiger charge is -2.35. The average molecular weight is 389 g/mol. The SMILES string of the molecule is O=C(C1CC(=O)N(c2ccccc2)C1)N1CCN(C/C=C/c2ccccc2)CC1. The summed E-state index contributed by atoms with van der Waals surface area (Å²) >= 11 is 0. The van der Waals surface area contributed by atoms with E-state index in [4.69, 9.17) is 0 Å². The zero-order valence-corrected chi connectivity index (χ0v) is 16.6. The van der Waals surface area contributed by atoms with E-state index in [1.165, 1.54) is 5.56 Å². The third-order valence-electron chi connectivity index (χ3n) is 5.70. The predicted octanol–water partition coefficient (Wildman–Crippen LogP) is 2.90. The Morgan fingerprint density at radius 1 is 0.931 bits per heavy atom. The molecule has 2 aromatic carbocycles. The maximum absolute atomic E-state index is 12.9. The lowest BCUT2D eigenvalue weighted by Crippen LogP contribution is -2.50. The summed E-state index contributed by atoms with van der Waals surface area (Å²) in [5, 5.41) is 0. The van der Waals surface area contributed by atoms with E-state index in [2.05, 4.69) is 29.2 Å². The average Bonchev–Trinajstić information content (AvgIpc) is 3.17. The number of carbonyl (C=O) groups is 2. The molecular formula is C24H27N3O2. The highest BCUT2D eigenvalue weighted by atomic mass is 16.2. The summed E-state index contributed by atoms with van der Waals surface area (Å²) in [5.74, 6) is -0.0669. The second-order valence-electron chi connectivity index (χ2n) is 7.68. The van der Waals surface area contributed by atoms with Gasteiger partial charge in [-0.2, -0.15) is 0 Å². The maximum Gasteiger partial charge on any atom is 0.228 e. The molecule has 5 nitrogen and oxygen atoms in total. The highest BCUT2D eigenvalue weighted by Crippen LogP contribution is 2.26. The van der Waals surface area contributed by atoms with Gasteiger partial charge in [0, 0.05) is 51.4 Å². The fourth-order valence-corrected chi connectivity index (χ4v) is 4.04. The van der Waals surface area contributed by atoms with Gasteiger partial charge in [-0.15, -0.1) is 0 Å². The Morgan fingerprint density at radius 3 is 2.28 bits per heavy atom. The summed E-state index contributed by atoms with van der Waals surface area (Å²) in [6.45, 7) is 4.58. The first kappa shape index (κ1) is 19.4. The normalized spacial score (nSPS) is 20.6. The number of para-hydroxylation sites is 1. The van der Waals surface area contributed by atoms with Gasteiger partial charge in [-0.1, -0.05) is 60.7 Å². The predicted molar refractivity (Wildman–Crippen MR) is 115 cm³/mol. The second kappa shape index (κ2) is 9.05. The van der Waals surface area contributed by atoms with E-state index in [1.54, 1.807) is 4.90 Å². The number of hydrogen-bond acceptors (Lipinski definition) is 3. The van der Waals surface area contributed by atoms with Crippen LogP contribution >= 0.6 is 0 Å². The molecule has 2 fully saturated rings. The van der Waals surface area contributed by atoms with Crippen molar-refractivity contribution >= 4 is 23.6 Å². The molecule has 0 spiro atoms. The molecule has 2 aliphatic heterocycles. The van der Waals surface area contributed by atoms with Crippen molar-refractivity contribution in [1.82, 2.24) is 9.80 Å². The van der Waals surface area contributed by atoms with Crippen LogP contribution in [0.5, 0.6) is 0 Å². The molecule has 2 aliphatic rings. The van der Waals surface area contributed by atoms with E-state index in [0.29, 0.717) is 13.0 Å². The monoisotopic (exact) mass is 389 g/mol. The van der Waals surface area contributed by atoms with Gasteiger partial charge in [-0.3, -0.25) is 14.5 Å². The van der Waals surface area contributed by atoms with Crippen LogP contribution in [0.3, 0.4) is 0 Å². The molecule has 4 rings (SSSR count). The molecule has 2 amide bonds. The van der Waals surface area contributed by atoms with Crippen LogP contribution in [-0.2, 0) is 9.59 Å². The van der Waals surface area contributed by atoms with Crippen LogP contribution in [0.1, 0.15) is 12.0 Å². The lowest BCUT2D eigenvalue weighted by atomic mass is 10.1. The standard InChI is InChI=1S/C24H27N3O2/c28-23-18-21(19-27(23)22-11-5-2-6-12-22)24(29)26-16-14-25(15-17-26)13-7-10-20-8-3-1-4-9-20/h1-12,21H,13-19H2/b10-7+. The van der Waals surface area contributed by atoms with Crippen molar-refractivity contribution in [3.63, 3.8) is 0 Å². The van der Waals surface area contributed by atoms with E-state index in [9.17, 15) is 9.59 Å². The first-order valence-corrected chi connectivity index (χ1v) is 10.3. The van der Waals surface area contributed by atoms with E-state index in [0.717, 1.165) is 38.4 Å². The first-order valence-electron chi connectivity index (χ1n) is 10.3. The quantitative estimate of drug-likeness (QED) is 0.790. The largest absolute Gasteiger partial charge is 0.340 e. The van der Waals surface area contributed by atoms with Crippen molar-refractivity contribution in [2.75, 3.05) is 44.2 Å². The second-order valence-corrected chi connectivity index (χ2v) is 7.68. The molecule has 0 aromatic heterocycles. The summed E-state index contributed by atoms with van der Waals surface area (Å²) in [6, 6.07) is 19.9. The smallest absolute Gasteiger partial charge is 0.228 e. The van der Waals surface area contributed by atoms with Crippen LogP contribution in [0, 0.1) is 5.92 Å². The van der Waals surface area contributed by atoms with Gasteiger partial charge in [0.2, 0.25) is 11.8 Å². The van der Waals surface area contributed by atoms with Gasteiger partial charge in [0.15, 0.2) is 0 Å². The van der Waals surface area contributed by atoms with Crippen molar-refractivity contribution in [1.29, 1.82) is 0 Å². The van der Waals surface area contributed by atoms with Crippen LogP contribution < -0.4 is 4.90 Å². The highest BCUT2D eigenvalue weighted by molar-refractivity contribution is 6.00. The summed E-state index contributed by atoms with van der Waals surface area (Å²) in [6.07, 6.45) is 4.63. The number of rotatable bonds is 5. The zero-order chi connectivity index (χ0) is 20.1. The van der Waals surface area contributed by atoms with Crippen molar-refractivity contribution in [2.45, 2.75) is 6.42 Å². The fourth-order valence-electron chi connectivity index (χ4n) is 4.04. The molecule has 2 heterocycles. The molecule has 2 saturated heterocycles. The van der Waals surface area contributed by atoms with Crippen LogP contribution in [-0.4, -0.2) is 60.9 Å². The Labute approximate surface area is 172 Å². The number of carbonyl (C=O) groups excluding carboxylic acids is 2. The number of hydrogen-bond donors (Lipinski definition) is 0. The van der Waals surface area contributed by atoms with Gasteiger partial charge in [-0.05, 0) is 17.7 Å². The van der Waals surface area contributed by atoms with E-state index in [-0.39, 0.29) is 17.7 Å². The van der Waals surface area contributed by atoms with Gasteiger partial charge >= 0.3 is 0 Å². The topological polar surface area (TPSA) is 43.9 Å². The van der Waals surface area contributed by atoms with Crippen molar-refractivity contribution in [3.8, 4) is 0 Å². The van der Waals surface area contributed by atoms with Crippen LogP contribution in [0.15, 0.2) is 66.7 Å². The van der Waals surface area contributed by atoms with Gasteiger partial charge < -0.3 is 9.80 Å². The molecule has 0 radical (unpaired) electrons. The fraction of sp³-hybridized carbons (Fsp3) is 0.333. The number of benzene rings is 2.